The number of pyridine rings is 1. The maximum Gasteiger partial charge on any atom is 0.0409 e. The molecule has 1 saturated carbocycles. The van der Waals surface area contributed by atoms with Gasteiger partial charge in [0.25, 0.3) is 0 Å². The van der Waals surface area contributed by atoms with E-state index >= 15 is 0 Å². The molecule has 0 spiro atoms. The van der Waals surface area contributed by atoms with E-state index in [4.69, 9.17) is 18.1 Å². The van der Waals surface area contributed by atoms with Gasteiger partial charge in [0.1, 0.15) is 0 Å². The van der Waals surface area contributed by atoms with Crippen molar-refractivity contribution in [2.45, 2.75) is 169 Å². The minimum atomic E-state index is 0.373. The summed E-state index contributed by atoms with van der Waals surface area (Å²) < 4.78 is 0.701. The van der Waals surface area contributed by atoms with Crippen molar-refractivity contribution in [3.8, 4) is 0 Å². The summed E-state index contributed by atoms with van der Waals surface area (Å²) in [7, 11) is 0. The fourth-order valence-electron chi connectivity index (χ4n) is 9.14. The molecule has 1 heterocycles. The Labute approximate surface area is 330 Å². The molecule has 1 aromatic rings. The number of hydrogen-bond acceptors (Lipinski definition) is 1. The van der Waals surface area contributed by atoms with Crippen LogP contribution in [0.4, 0.5) is 0 Å². The highest BCUT2D eigenvalue weighted by Crippen LogP contribution is 2.47. The van der Waals surface area contributed by atoms with Gasteiger partial charge in [-0.15, -0.1) is 0 Å². The lowest BCUT2D eigenvalue weighted by atomic mass is 9.63. The number of nitrogens with zero attached hydrogens (tertiary/aromatic N) is 1. The second-order valence-corrected chi connectivity index (χ2v) is 18.7. The van der Waals surface area contributed by atoms with Gasteiger partial charge in [0.05, 0.1) is 0 Å². The summed E-state index contributed by atoms with van der Waals surface area (Å²) in [5.41, 5.74) is 11.5. The Hall–Kier alpha value is -1.68. The van der Waals surface area contributed by atoms with Crippen LogP contribution in [-0.4, -0.2) is 8.91 Å². The molecule has 1 aromatic heterocycles. The van der Waals surface area contributed by atoms with Crippen molar-refractivity contribution in [2.24, 2.45) is 35.0 Å². The standard InChI is InChI=1S/C49H76IN/c1-12-18-41(19-13-2)48(50)25-22-35(6)45(16-5)37(8)32-42(26-29-49(10,11)28-14-3)38(9)46-24-23-40(46)20-17-21-44-34-43(27-30-51-44)47-33-39(15-4)31-36(47)7/h16,22,27,30-31,33-34,36,40-42,46,48H,8-9,12-15,17-21,23-26,28-29,32H2,1-7,10-11H3/b35-22-,45-16-/t36-,40?,42?,46?,48?/m0/s1. The van der Waals surface area contributed by atoms with Gasteiger partial charge >= 0.3 is 0 Å². The number of alkyl halides is 1. The molecule has 0 amide bonds. The zero-order chi connectivity index (χ0) is 37.6. The lowest BCUT2D eigenvalue weighted by Crippen LogP contribution is -2.31. The molecule has 5 atom stereocenters. The molecule has 4 unspecified atom stereocenters. The van der Waals surface area contributed by atoms with E-state index < -0.39 is 0 Å². The largest absolute Gasteiger partial charge is 0.261 e. The summed E-state index contributed by atoms with van der Waals surface area (Å²) >= 11 is 2.73. The average molecular weight is 806 g/mol. The Morgan fingerprint density at radius 3 is 2.35 bits per heavy atom. The van der Waals surface area contributed by atoms with Gasteiger partial charge in [-0.2, -0.15) is 0 Å². The summed E-state index contributed by atoms with van der Waals surface area (Å²) in [6.45, 7) is 30.7. The predicted octanol–water partition coefficient (Wildman–Crippen LogP) is 15.8. The molecular weight excluding hydrogens is 729 g/mol. The number of rotatable bonds is 24. The first-order chi connectivity index (χ1) is 24.4. The normalized spacial score (nSPS) is 21.0. The highest BCUT2D eigenvalue weighted by Gasteiger charge is 2.36. The van der Waals surface area contributed by atoms with Gasteiger partial charge in [0, 0.05) is 21.7 Å². The molecule has 0 aromatic carbocycles. The van der Waals surface area contributed by atoms with Crippen LogP contribution >= 0.6 is 22.6 Å². The van der Waals surface area contributed by atoms with Crippen molar-refractivity contribution in [2.75, 3.05) is 0 Å². The Bertz CT molecular complexity index is 1380. The molecule has 51 heavy (non-hydrogen) atoms. The number of halogens is 1. The van der Waals surface area contributed by atoms with Gasteiger partial charge in [0.2, 0.25) is 0 Å². The van der Waals surface area contributed by atoms with Gasteiger partial charge < -0.3 is 0 Å². The van der Waals surface area contributed by atoms with Crippen molar-refractivity contribution >= 4 is 28.2 Å². The first kappa shape index (κ1) is 43.7. The minimum Gasteiger partial charge on any atom is -0.261 e. The molecule has 2 aliphatic carbocycles. The van der Waals surface area contributed by atoms with E-state index in [0.29, 0.717) is 27.1 Å². The van der Waals surface area contributed by atoms with Gasteiger partial charge in [-0.25, -0.2) is 0 Å². The quantitative estimate of drug-likeness (QED) is 0.0439. The molecule has 1 fully saturated rings. The van der Waals surface area contributed by atoms with Gasteiger partial charge in [-0.3, -0.25) is 4.98 Å². The first-order valence-electron chi connectivity index (χ1n) is 21.1. The molecule has 2 heteroatoms. The predicted molar refractivity (Wildman–Crippen MR) is 236 cm³/mol. The van der Waals surface area contributed by atoms with Gasteiger partial charge in [-0.1, -0.05) is 139 Å². The minimum absolute atomic E-state index is 0.373. The summed E-state index contributed by atoms with van der Waals surface area (Å²) in [4.78, 5) is 4.80. The third-order valence-corrected chi connectivity index (χ3v) is 14.0. The molecule has 1 nitrogen and oxygen atoms in total. The molecule has 3 rings (SSSR count). The van der Waals surface area contributed by atoms with Crippen LogP contribution in [-0.2, 0) is 6.42 Å². The zero-order valence-corrected chi connectivity index (χ0v) is 36.7. The van der Waals surface area contributed by atoms with Crippen LogP contribution in [0.1, 0.15) is 170 Å². The van der Waals surface area contributed by atoms with E-state index in [0.717, 1.165) is 37.5 Å². The van der Waals surface area contributed by atoms with Crippen molar-refractivity contribution in [1.29, 1.82) is 0 Å². The number of allylic oxidation sites excluding steroid dienone is 10. The summed E-state index contributed by atoms with van der Waals surface area (Å²) in [5.74, 6) is 3.23. The van der Waals surface area contributed by atoms with Gasteiger partial charge in [0.15, 0.2) is 0 Å². The maximum absolute atomic E-state index is 4.91. The highest BCUT2D eigenvalue weighted by molar-refractivity contribution is 14.1. The zero-order valence-electron chi connectivity index (χ0n) is 34.6. The molecule has 284 valence electrons. The van der Waals surface area contributed by atoms with E-state index in [1.54, 1.807) is 0 Å². The van der Waals surface area contributed by atoms with E-state index in [-0.39, 0.29) is 0 Å². The Morgan fingerprint density at radius 2 is 1.76 bits per heavy atom. The summed E-state index contributed by atoms with van der Waals surface area (Å²) in [6, 6.07) is 4.56. The van der Waals surface area contributed by atoms with Crippen LogP contribution < -0.4 is 0 Å². The van der Waals surface area contributed by atoms with Crippen LogP contribution in [0.3, 0.4) is 0 Å². The molecule has 0 N–H and O–H groups in total. The lowest BCUT2D eigenvalue weighted by molar-refractivity contribution is 0.176. The number of aryl methyl sites for hydroxylation is 1. The van der Waals surface area contributed by atoms with Gasteiger partial charge in [-0.05, 0) is 166 Å². The van der Waals surface area contributed by atoms with E-state index in [9.17, 15) is 0 Å². The lowest BCUT2D eigenvalue weighted by Gasteiger charge is -2.42. The summed E-state index contributed by atoms with van der Waals surface area (Å²) in [5, 5.41) is 0. The van der Waals surface area contributed by atoms with Crippen LogP contribution in [0.15, 0.2) is 83.7 Å². The molecule has 0 radical (unpaired) electrons. The van der Waals surface area contributed by atoms with Crippen molar-refractivity contribution in [1.82, 2.24) is 4.98 Å². The second-order valence-electron chi connectivity index (χ2n) is 17.1. The Balaban J connectivity index is 1.66. The number of hydrogen-bond donors (Lipinski definition) is 0. The second kappa shape index (κ2) is 21.9. The number of aromatic nitrogens is 1. The first-order valence-corrected chi connectivity index (χ1v) is 22.3. The van der Waals surface area contributed by atoms with E-state index in [1.165, 1.54) is 122 Å². The topological polar surface area (TPSA) is 12.9 Å². The Kier molecular flexibility index (Phi) is 18.8. The third-order valence-electron chi connectivity index (χ3n) is 12.4. The van der Waals surface area contributed by atoms with E-state index in [2.05, 4.69) is 121 Å². The highest BCUT2D eigenvalue weighted by atomic mass is 127. The van der Waals surface area contributed by atoms with Crippen LogP contribution in [0, 0.1) is 35.0 Å². The SMILES string of the molecule is C=C(CC(CCC(C)(C)CCC)C(=C)C1CCC1CCCc1cc(C2=CC(CC)=C[C@@H]2C)ccn1)C(=C\C)/C(C)=C\CC(I)C(CCC)CCC. The van der Waals surface area contributed by atoms with Crippen molar-refractivity contribution in [3.63, 3.8) is 0 Å². The molecule has 0 bridgehead atoms. The van der Waals surface area contributed by atoms with Crippen LogP contribution in [0.2, 0.25) is 0 Å². The fraction of sp³-hybridized carbons (Fsp3) is 0.653. The molecule has 2 aliphatic rings. The molecule has 0 saturated heterocycles. The van der Waals surface area contributed by atoms with E-state index in [1.807, 2.05) is 6.20 Å². The Morgan fingerprint density at radius 1 is 1.04 bits per heavy atom. The van der Waals surface area contributed by atoms with Crippen molar-refractivity contribution < 1.29 is 0 Å². The van der Waals surface area contributed by atoms with Crippen LogP contribution in [0.25, 0.3) is 5.57 Å². The summed E-state index contributed by atoms with van der Waals surface area (Å²) in [6.07, 6.45) is 31.5. The molecule has 0 aliphatic heterocycles. The third kappa shape index (κ3) is 13.3. The smallest absolute Gasteiger partial charge is 0.0409 e. The average Bonchev–Trinajstić information content (AvgIpc) is 3.47. The molecular formula is C49H76IN. The van der Waals surface area contributed by atoms with Crippen LogP contribution in [0.5, 0.6) is 0 Å². The fourth-order valence-corrected chi connectivity index (χ4v) is 10.1. The monoisotopic (exact) mass is 806 g/mol. The maximum atomic E-state index is 4.91. The van der Waals surface area contributed by atoms with Crippen molar-refractivity contribution in [3.05, 3.63) is 94.9 Å².